The van der Waals surface area contributed by atoms with E-state index in [2.05, 4.69) is 5.32 Å². The van der Waals surface area contributed by atoms with Gasteiger partial charge >= 0.3 is 0 Å². The highest BCUT2D eigenvalue weighted by Crippen LogP contribution is 2.21. The van der Waals surface area contributed by atoms with E-state index in [-0.39, 0.29) is 12.5 Å². The number of carbonyl (C=O) groups excluding carboxylic acids is 1. The average molecular weight is 283 g/mol. The summed E-state index contributed by atoms with van der Waals surface area (Å²) in [7, 11) is 0. The molecule has 2 aromatic rings. The van der Waals surface area contributed by atoms with Gasteiger partial charge in [-0.1, -0.05) is 24.3 Å². The Morgan fingerprint density at radius 1 is 1.05 bits per heavy atom. The van der Waals surface area contributed by atoms with Crippen molar-refractivity contribution in [2.24, 2.45) is 0 Å². The molecular formula is C18H21NO2. The Kier molecular flexibility index (Phi) is 4.63. The minimum atomic E-state index is -0.149. The molecule has 0 fully saturated rings. The van der Waals surface area contributed by atoms with Crippen LogP contribution in [0.1, 0.15) is 22.3 Å². The zero-order chi connectivity index (χ0) is 15.4. The molecule has 0 heterocycles. The Labute approximate surface area is 126 Å². The minimum Gasteiger partial charge on any atom is -0.483 e. The first kappa shape index (κ1) is 15.1. The first-order valence-electron chi connectivity index (χ1n) is 7.03. The highest BCUT2D eigenvalue weighted by Gasteiger charge is 2.08. The van der Waals surface area contributed by atoms with Crippen molar-refractivity contribution < 1.29 is 9.53 Å². The van der Waals surface area contributed by atoms with Crippen LogP contribution in [0.4, 0.5) is 5.69 Å². The van der Waals surface area contributed by atoms with E-state index in [1.165, 1.54) is 0 Å². The summed E-state index contributed by atoms with van der Waals surface area (Å²) in [5, 5.41) is 2.89. The quantitative estimate of drug-likeness (QED) is 0.923. The van der Waals surface area contributed by atoms with E-state index in [4.69, 9.17) is 4.74 Å². The Morgan fingerprint density at radius 3 is 2.57 bits per heavy atom. The van der Waals surface area contributed by atoms with Crippen LogP contribution in [0.5, 0.6) is 5.75 Å². The second-order valence-corrected chi connectivity index (χ2v) is 5.35. The fourth-order valence-electron chi connectivity index (χ4n) is 2.08. The van der Waals surface area contributed by atoms with Gasteiger partial charge in [0.25, 0.3) is 5.91 Å². The molecule has 3 nitrogen and oxygen atoms in total. The van der Waals surface area contributed by atoms with Gasteiger partial charge in [0, 0.05) is 5.69 Å². The van der Waals surface area contributed by atoms with Gasteiger partial charge in [0.1, 0.15) is 5.75 Å². The van der Waals surface area contributed by atoms with Crippen LogP contribution in [0.15, 0.2) is 36.4 Å². The van der Waals surface area contributed by atoms with Crippen LogP contribution in [-0.2, 0) is 4.79 Å². The SMILES string of the molecule is Cc1ccc(C)c(NC(=O)COc2cccc(C)c2C)c1. The van der Waals surface area contributed by atoms with Gasteiger partial charge in [0.2, 0.25) is 0 Å². The number of hydrogen-bond donors (Lipinski definition) is 1. The third-order valence-corrected chi connectivity index (χ3v) is 3.58. The molecule has 0 atom stereocenters. The second-order valence-electron chi connectivity index (χ2n) is 5.35. The average Bonchev–Trinajstić information content (AvgIpc) is 2.44. The number of hydrogen-bond acceptors (Lipinski definition) is 2. The van der Waals surface area contributed by atoms with Gasteiger partial charge in [0.15, 0.2) is 6.61 Å². The Hall–Kier alpha value is -2.29. The van der Waals surface area contributed by atoms with Crippen molar-refractivity contribution in [2.75, 3.05) is 11.9 Å². The fourth-order valence-corrected chi connectivity index (χ4v) is 2.08. The number of rotatable bonds is 4. The van der Waals surface area contributed by atoms with Crippen molar-refractivity contribution in [3.63, 3.8) is 0 Å². The van der Waals surface area contributed by atoms with E-state index >= 15 is 0 Å². The number of aryl methyl sites for hydroxylation is 3. The predicted octanol–water partition coefficient (Wildman–Crippen LogP) is 3.94. The summed E-state index contributed by atoms with van der Waals surface area (Å²) in [4.78, 5) is 12.0. The minimum absolute atomic E-state index is 0.0116. The molecule has 2 rings (SSSR count). The first-order chi connectivity index (χ1) is 9.97. The molecule has 0 bridgehead atoms. The molecule has 0 spiro atoms. The van der Waals surface area contributed by atoms with Crippen LogP contribution >= 0.6 is 0 Å². The summed E-state index contributed by atoms with van der Waals surface area (Å²) in [6.07, 6.45) is 0. The third-order valence-electron chi connectivity index (χ3n) is 3.58. The van der Waals surface area contributed by atoms with Crippen molar-refractivity contribution in [2.45, 2.75) is 27.7 Å². The topological polar surface area (TPSA) is 38.3 Å². The maximum Gasteiger partial charge on any atom is 0.262 e. The van der Waals surface area contributed by atoms with Crippen LogP contribution in [0.3, 0.4) is 0 Å². The van der Waals surface area contributed by atoms with Gasteiger partial charge in [0.05, 0.1) is 0 Å². The second kappa shape index (κ2) is 6.44. The molecule has 1 N–H and O–H groups in total. The number of ether oxygens (including phenoxy) is 1. The van der Waals surface area contributed by atoms with E-state index in [9.17, 15) is 4.79 Å². The molecule has 2 aromatic carbocycles. The summed E-state index contributed by atoms with van der Waals surface area (Å²) in [5.41, 5.74) is 5.22. The molecule has 0 aliphatic heterocycles. The Balaban J connectivity index is 1.99. The summed E-state index contributed by atoms with van der Waals surface area (Å²) < 4.78 is 5.61. The molecule has 0 radical (unpaired) electrons. The standard InChI is InChI=1S/C18H21NO2/c1-12-8-9-14(3)16(10-12)19-18(20)11-21-17-7-5-6-13(2)15(17)4/h5-10H,11H2,1-4H3,(H,19,20). The van der Waals surface area contributed by atoms with Gasteiger partial charge < -0.3 is 10.1 Å². The number of nitrogens with one attached hydrogen (secondary N) is 1. The predicted molar refractivity (Wildman–Crippen MR) is 86.0 cm³/mol. The zero-order valence-electron chi connectivity index (χ0n) is 13.0. The van der Waals surface area contributed by atoms with Crippen molar-refractivity contribution >= 4 is 11.6 Å². The number of amides is 1. The number of anilines is 1. The number of benzene rings is 2. The molecular weight excluding hydrogens is 262 g/mol. The summed E-state index contributed by atoms with van der Waals surface area (Å²) >= 11 is 0. The lowest BCUT2D eigenvalue weighted by Crippen LogP contribution is -2.21. The lowest BCUT2D eigenvalue weighted by Gasteiger charge is -2.12. The van der Waals surface area contributed by atoms with Gasteiger partial charge in [-0.2, -0.15) is 0 Å². The molecule has 1 amide bonds. The first-order valence-corrected chi connectivity index (χ1v) is 7.03. The van der Waals surface area contributed by atoms with Crippen molar-refractivity contribution in [1.29, 1.82) is 0 Å². The maximum atomic E-state index is 12.0. The molecule has 0 aliphatic carbocycles. The maximum absolute atomic E-state index is 12.0. The molecule has 0 aromatic heterocycles. The van der Waals surface area contributed by atoms with Gasteiger partial charge in [-0.05, 0) is 62.1 Å². The summed E-state index contributed by atoms with van der Waals surface area (Å²) in [5.74, 6) is 0.607. The molecule has 0 aliphatic rings. The highest BCUT2D eigenvalue weighted by molar-refractivity contribution is 5.92. The zero-order valence-corrected chi connectivity index (χ0v) is 13.0. The van der Waals surface area contributed by atoms with Crippen molar-refractivity contribution in [3.05, 3.63) is 58.7 Å². The molecule has 21 heavy (non-hydrogen) atoms. The molecule has 0 unspecified atom stereocenters. The molecule has 110 valence electrons. The van der Waals surface area contributed by atoms with Crippen LogP contribution in [-0.4, -0.2) is 12.5 Å². The van der Waals surface area contributed by atoms with Crippen molar-refractivity contribution in [1.82, 2.24) is 0 Å². The smallest absolute Gasteiger partial charge is 0.262 e. The fraction of sp³-hybridized carbons (Fsp3) is 0.278. The summed E-state index contributed by atoms with van der Waals surface area (Å²) in [6.45, 7) is 8.01. The monoisotopic (exact) mass is 283 g/mol. The number of carbonyl (C=O) groups is 1. The molecule has 3 heteroatoms. The lowest BCUT2D eigenvalue weighted by molar-refractivity contribution is -0.118. The van der Waals surface area contributed by atoms with Crippen LogP contribution in [0, 0.1) is 27.7 Å². The molecule has 0 saturated heterocycles. The third kappa shape index (κ3) is 3.85. The van der Waals surface area contributed by atoms with E-state index in [0.717, 1.165) is 33.7 Å². The molecule has 0 saturated carbocycles. The highest BCUT2D eigenvalue weighted by atomic mass is 16.5. The van der Waals surface area contributed by atoms with Gasteiger partial charge in [-0.25, -0.2) is 0 Å². The van der Waals surface area contributed by atoms with Gasteiger partial charge in [-0.3, -0.25) is 4.79 Å². The van der Waals surface area contributed by atoms with Crippen LogP contribution < -0.4 is 10.1 Å². The lowest BCUT2D eigenvalue weighted by atomic mass is 10.1. The van der Waals surface area contributed by atoms with Crippen LogP contribution in [0.2, 0.25) is 0 Å². The van der Waals surface area contributed by atoms with Gasteiger partial charge in [-0.15, -0.1) is 0 Å². The van der Waals surface area contributed by atoms with E-state index in [1.807, 2.05) is 64.1 Å². The Morgan fingerprint density at radius 2 is 1.81 bits per heavy atom. The Bertz CT molecular complexity index is 662. The van der Waals surface area contributed by atoms with Crippen molar-refractivity contribution in [3.8, 4) is 5.75 Å². The van der Waals surface area contributed by atoms with E-state index in [0.29, 0.717) is 0 Å². The van der Waals surface area contributed by atoms with E-state index < -0.39 is 0 Å². The normalized spacial score (nSPS) is 10.3. The van der Waals surface area contributed by atoms with E-state index in [1.54, 1.807) is 0 Å². The largest absolute Gasteiger partial charge is 0.483 e. The summed E-state index contributed by atoms with van der Waals surface area (Å²) in [6, 6.07) is 11.8. The van der Waals surface area contributed by atoms with Crippen LogP contribution in [0.25, 0.3) is 0 Å².